The maximum absolute atomic E-state index is 6.18. The molecule has 0 saturated heterocycles. The molecule has 3 nitrogen and oxygen atoms in total. The Morgan fingerprint density at radius 1 is 1.42 bits per heavy atom. The highest BCUT2D eigenvalue weighted by atomic mass is 35.5. The number of rotatable bonds is 6. The minimum absolute atomic E-state index is 0.442. The van der Waals surface area contributed by atoms with Gasteiger partial charge in [-0.05, 0) is 31.0 Å². The number of nitrogens with zero attached hydrogens (tertiary/aromatic N) is 1. The molecule has 0 saturated carbocycles. The van der Waals surface area contributed by atoms with Crippen molar-refractivity contribution in [2.75, 3.05) is 6.54 Å². The molecular formula is C14H17ClN2OS. The fourth-order valence-corrected chi connectivity index (χ4v) is 2.77. The van der Waals surface area contributed by atoms with Crippen LogP contribution >= 0.6 is 22.9 Å². The topological polar surface area (TPSA) is 48.1 Å². The van der Waals surface area contributed by atoms with Crippen LogP contribution in [0.1, 0.15) is 23.2 Å². The zero-order valence-electron chi connectivity index (χ0n) is 10.9. The normalized spacial score (nSPS) is 10.7. The molecule has 0 aliphatic rings. The molecule has 0 aliphatic heterocycles. The zero-order valence-corrected chi connectivity index (χ0v) is 12.4. The van der Waals surface area contributed by atoms with Gasteiger partial charge in [-0.2, -0.15) is 0 Å². The third-order valence-corrected chi connectivity index (χ3v) is 4.07. The van der Waals surface area contributed by atoms with E-state index in [-0.39, 0.29) is 0 Å². The molecule has 0 radical (unpaired) electrons. The highest BCUT2D eigenvalue weighted by molar-refractivity contribution is 7.09. The first kappa shape index (κ1) is 14.3. The van der Waals surface area contributed by atoms with Gasteiger partial charge in [-0.1, -0.05) is 30.7 Å². The maximum atomic E-state index is 6.18. The van der Waals surface area contributed by atoms with Crippen molar-refractivity contribution in [3.8, 4) is 5.75 Å². The Bertz CT molecular complexity index is 542. The van der Waals surface area contributed by atoms with Crippen molar-refractivity contribution in [1.29, 1.82) is 0 Å². The van der Waals surface area contributed by atoms with Crippen molar-refractivity contribution < 1.29 is 4.74 Å². The lowest BCUT2D eigenvalue weighted by Crippen LogP contribution is -2.06. The molecule has 0 atom stereocenters. The number of halogens is 1. The smallest absolute Gasteiger partial charge is 0.141 e. The maximum Gasteiger partial charge on any atom is 0.141 e. The Labute approximate surface area is 122 Å². The molecule has 1 aromatic carbocycles. The Hall–Kier alpha value is -1.10. The summed E-state index contributed by atoms with van der Waals surface area (Å²) in [7, 11) is 0. The van der Waals surface area contributed by atoms with Crippen molar-refractivity contribution in [2.45, 2.75) is 26.4 Å². The molecule has 5 heteroatoms. The van der Waals surface area contributed by atoms with E-state index < -0.39 is 0 Å². The summed E-state index contributed by atoms with van der Waals surface area (Å²) in [5.41, 5.74) is 7.59. The second kappa shape index (κ2) is 6.89. The summed E-state index contributed by atoms with van der Waals surface area (Å²) in [5.74, 6) is 0.723. The first-order valence-corrected chi connectivity index (χ1v) is 7.54. The number of hydrogen-bond donors (Lipinski definition) is 1. The zero-order chi connectivity index (χ0) is 13.7. The number of aryl methyl sites for hydroxylation is 1. The summed E-state index contributed by atoms with van der Waals surface area (Å²) in [5, 5.41) is 3.77. The summed E-state index contributed by atoms with van der Waals surface area (Å²) in [6.07, 6.45) is 1.71. The van der Waals surface area contributed by atoms with Gasteiger partial charge in [-0.3, -0.25) is 0 Å². The highest BCUT2D eigenvalue weighted by Crippen LogP contribution is 2.29. The minimum atomic E-state index is 0.442. The number of para-hydroxylation sites is 1. The molecule has 0 bridgehead atoms. The SMILES string of the molecule is CCc1nc(COc2c(Cl)cccc2CCN)cs1. The van der Waals surface area contributed by atoms with Crippen molar-refractivity contribution in [1.82, 2.24) is 4.98 Å². The molecule has 0 aliphatic carbocycles. The van der Waals surface area contributed by atoms with Gasteiger partial charge >= 0.3 is 0 Å². The molecule has 2 N–H and O–H groups in total. The van der Waals surface area contributed by atoms with Gasteiger partial charge in [0.25, 0.3) is 0 Å². The predicted molar refractivity (Wildman–Crippen MR) is 80.0 cm³/mol. The largest absolute Gasteiger partial charge is 0.485 e. The lowest BCUT2D eigenvalue weighted by molar-refractivity contribution is 0.299. The van der Waals surface area contributed by atoms with E-state index in [1.165, 1.54) is 0 Å². The van der Waals surface area contributed by atoms with E-state index in [0.29, 0.717) is 18.2 Å². The lowest BCUT2D eigenvalue weighted by Gasteiger charge is -2.11. The van der Waals surface area contributed by atoms with Gasteiger partial charge in [-0.25, -0.2) is 4.98 Å². The van der Waals surface area contributed by atoms with E-state index in [1.54, 1.807) is 11.3 Å². The van der Waals surface area contributed by atoms with Crippen molar-refractivity contribution in [3.05, 3.63) is 44.9 Å². The third kappa shape index (κ3) is 3.69. The summed E-state index contributed by atoms with van der Waals surface area (Å²) in [6.45, 7) is 3.11. The molecule has 2 aromatic rings. The standard InChI is InChI=1S/C14H17ClN2OS/c1-2-13-17-11(9-19-13)8-18-14-10(6-7-16)4-3-5-12(14)15/h3-5,9H,2,6-8,16H2,1H3. The number of thiazole rings is 1. The Morgan fingerprint density at radius 2 is 2.26 bits per heavy atom. The second-order valence-electron chi connectivity index (χ2n) is 4.14. The molecule has 0 amide bonds. The monoisotopic (exact) mass is 296 g/mol. The predicted octanol–water partition coefficient (Wildman–Crippen LogP) is 3.44. The van der Waals surface area contributed by atoms with Crippen LogP contribution in [0.25, 0.3) is 0 Å². The quantitative estimate of drug-likeness (QED) is 0.888. The first-order valence-electron chi connectivity index (χ1n) is 6.28. The summed E-state index contributed by atoms with van der Waals surface area (Å²) in [6, 6.07) is 5.74. The Balaban J connectivity index is 2.09. The Kier molecular flexibility index (Phi) is 5.19. The van der Waals surface area contributed by atoms with Gasteiger partial charge in [0.05, 0.1) is 15.7 Å². The van der Waals surface area contributed by atoms with Crippen LogP contribution in [0.2, 0.25) is 5.02 Å². The van der Waals surface area contributed by atoms with Crippen LogP contribution in [0.5, 0.6) is 5.75 Å². The number of benzene rings is 1. The third-order valence-electron chi connectivity index (χ3n) is 2.73. The summed E-state index contributed by atoms with van der Waals surface area (Å²) < 4.78 is 5.82. The van der Waals surface area contributed by atoms with Gasteiger partial charge in [0.2, 0.25) is 0 Å². The summed E-state index contributed by atoms with van der Waals surface area (Å²) in [4.78, 5) is 4.47. The Morgan fingerprint density at radius 3 is 2.95 bits per heavy atom. The average Bonchev–Trinajstić information content (AvgIpc) is 2.86. The molecule has 2 rings (SSSR count). The molecule has 102 valence electrons. The van der Waals surface area contributed by atoms with Crippen LogP contribution in [0.4, 0.5) is 0 Å². The fourth-order valence-electron chi connectivity index (χ4n) is 1.79. The van der Waals surface area contributed by atoms with Crippen molar-refractivity contribution in [2.24, 2.45) is 5.73 Å². The van der Waals surface area contributed by atoms with Gasteiger partial charge in [0, 0.05) is 5.38 Å². The number of hydrogen-bond acceptors (Lipinski definition) is 4. The number of aromatic nitrogens is 1. The van der Waals surface area contributed by atoms with E-state index in [9.17, 15) is 0 Å². The molecule has 1 aromatic heterocycles. The molecule has 0 unspecified atom stereocenters. The van der Waals surface area contributed by atoms with Gasteiger partial charge < -0.3 is 10.5 Å². The first-order chi connectivity index (χ1) is 9.24. The van der Waals surface area contributed by atoms with E-state index in [4.69, 9.17) is 22.1 Å². The minimum Gasteiger partial charge on any atom is -0.485 e. The van der Waals surface area contributed by atoms with Crippen LogP contribution in [0.15, 0.2) is 23.6 Å². The van der Waals surface area contributed by atoms with Crippen LogP contribution in [-0.4, -0.2) is 11.5 Å². The van der Waals surface area contributed by atoms with Crippen molar-refractivity contribution in [3.63, 3.8) is 0 Å². The van der Waals surface area contributed by atoms with Gasteiger partial charge in [0.1, 0.15) is 12.4 Å². The lowest BCUT2D eigenvalue weighted by atomic mass is 10.1. The molecular weight excluding hydrogens is 280 g/mol. The second-order valence-corrected chi connectivity index (χ2v) is 5.49. The highest BCUT2D eigenvalue weighted by Gasteiger charge is 2.09. The van der Waals surface area contributed by atoms with Crippen LogP contribution in [-0.2, 0) is 19.4 Å². The fraction of sp³-hybridized carbons (Fsp3) is 0.357. The van der Waals surface area contributed by atoms with Crippen LogP contribution in [0, 0.1) is 0 Å². The van der Waals surface area contributed by atoms with E-state index in [1.807, 2.05) is 23.6 Å². The molecule has 1 heterocycles. The van der Waals surface area contributed by atoms with E-state index >= 15 is 0 Å². The van der Waals surface area contributed by atoms with E-state index in [2.05, 4.69) is 11.9 Å². The van der Waals surface area contributed by atoms with Crippen LogP contribution in [0.3, 0.4) is 0 Å². The van der Waals surface area contributed by atoms with Crippen LogP contribution < -0.4 is 10.5 Å². The molecule has 19 heavy (non-hydrogen) atoms. The molecule has 0 fully saturated rings. The average molecular weight is 297 g/mol. The summed E-state index contributed by atoms with van der Waals surface area (Å²) >= 11 is 7.84. The van der Waals surface area contributed by atoms with Gasteiger partial charge in [-0.15, -0.1) is 11.3 Å². The van der Waals surface area contributed by atoms with Crippen molar-refractivity contribution >= 4 is 22.9 Å². The number of ether oxygens (including phenoxy) is 1. The van der Waals surface area contributed by atoms with Gasteiger partial charge in [0.15, 0.2) is 0 Å². The van der Waals surface area contributed by atoms with E-state index in [0.717, 1.165) is 34.9 Å². The number of nitrogens with two attached hydrogens (primary N) is 1. The molecule has 0 spiro atoms.